The van der Waals surface area contributed by atoms with E-state index < -0.39 is 11.2 Å². The van der Waals surface area contributed by atoms with E-state index in [0.717, 1.165) is 17.0 Å². The molecule has 0 saturated heterocycles. The highest BCUT2D eigenvalue weighted by atomic mass is 32.2. The van der Waals surface area contributed by atoms with E-state index in [1.54, 1.807) is 0 Å². The van der Waals surface area contributed by atoms with Gasteiger partial charge in [-0.2, -0.15) is 0 Å². The van der Waals surface area contributed by atoms with Crippen LogP contribution < -0.4 is 10.6 Å². The van der Waals surface area contributed by atoms with Gasteiger partial charge in [0.05, 0.1) is 17.4 Å². The molecule has 6 nitrogen and oxygen atoms in total. The molecule has 2 N–H and O–H groups in total. The van der Waals surface area contributed by atoms with Crippen molar-refractivity contribution in [1.29, 1.82) is 0 Å². The van der Waals surface area contributed by atoms with Gasteiger partial charge in [-0.25, -0.2) is 0 Å². The van der Waals surface area contributed by atoms with Crippen molar-refractivity contribution in [3.63, 3.8) is 0 Å². The van der Waals surface area contributed by atoms with E-state index in [-0.39, 0.29) is 24.8 Å². The standard InChI is InChI=1S/C15H18N2O4S/c1-2-7-16-13(18)9-21-14(19)8-12-15(20)17-10-5-3-4-6-11(10)22-12/h3-6,12H,2,7-9H2,1H3,(H,16,18)(H,17,20)/t12-/m1/s1. The summed E-state index contributed by atoms with van der Waals surface area (Å²) in [5, 5.41) is 4.83. The van der Waals surface area contributed by atoms with E-state index in [0.29, 0.717) is 6.54 Å². The van der Waals surface area contributed by atoms with Crippen LogP contribution in [0.3, 0.4) is 0 Å². The summed E-state index contributed by atoms with van der Waals surface area (Å²) < 4.78 is 4.90. The molecular weight excluding hydrogens is 304 g/mol. The Kier molecular flexibility index (Phi) is 5.83. The van der Waals surface area contributed by atoms with E-state index in [2.05, 4.69) is 10.6 Å². The molecule has 7 heteroatoms. The van der Waals surface area contributed by atoms with Gasteiger partial charge in [-0.05, 0) is 18.6 Å². The maximum atomic E-state index is 12.0. The molecule has 1 heterocycles. The first-order valence-corrected chi connectivity index (χ1v) is 7.97. The maximum absolute atomic E-state index is 12.0. The Labute approximate surface area is 133 Å². The quantitative estimate of drug-likeness (QED) is 0.777. The molecule has 118 valence electrons. The molecule has 0 aliphatic carbocycles. The Balaban J connectivity index is 1.82. The van der Waals surface area contributed by atoms with Crippen LogP contribution in [-0.4, -0.2) is 36.2 Å². The van der Waals surface area contributed by atoms with Gasteiger partial charge in [0.1, 0.15) is 0 Å². The molecule has 1 aliphatic heterocycles. The van der Waals surface area contributed by atoms with Crippen LogP contribution >= 0.6 is 11.8 Å². The smallest absolute Gasteiger partial charge is 0.307 e. The lowest BCUT2D eigenvalue weighted by Crippen LogP contribution is -2.33. The zero-order valence-electron chi connectivity index (χ0n) is 12.3. The second-order valence-electron chi connectivity index (χ2n) is 4.81. The second-order valence-corrected chi connectivity index (χ2v) is 6.05. The third-order valence-electron chi connectivity index (χ3n) is 3.00. The van der Waals surface area contributed by atoms with Gasteiger partial charge in [0.25, 0.3) is 5.91 Å². The zero-order valence-corrected chi connectivity index (χ0v) is 13.1. The number of esters is 1. The summed E-state index contributed by atoms with van der Waals surface area (Å²) in [7, 11) is 0. The summed E-state index contributed by atoms with van der Waals surface area (Å²) in [6.45, 7) is 2.17. The highest BCUT2D eigenvalue weighted by molar-refractivity contribution is 8.01. The molecular formula is C15H18N2O4S. The summed E-state index contributed by atoms with van der Waals surface area (Å²) in [5.41, 5.74) is 0.751. The van der Waals surface area contributed by atoms with Gasteiger partial charge in [-0.15, -0.1) is 11.8 Å². The second kappa shape index (κ2) is 7.84. The molecule has 0 fully saturated rings. The minimum absolute atomic E-state index is 0.0636. The summed E-state index contributed by atoms with van der Waals surface area (Å²) >= 11 is 1.33. The largest absolute Gasteiger partial charge is 0.456 e. The number of para-hydroxylation sites is 1. The van der Waals surface area contributed by atoms with Gasteiger partial charge in [-0.3, -0.25) is 14.4 Å². The molecule has 0 radical (unpaired) electrons. The van der Waals surface area contributed by atoms with Crippen molar-refractivity contribution >= 4 is 35.2 Å². The summed E-state index contributed by atoms with van der Waals surface area (Å²) in [5.74, 6) is -1.11. The van der Waals surface area contributed by atoms with Gasteiger partial charge >= 0.3 is 5.97 Å². The third kappa shape index (κ3) is 4.49. The lowest BCUT2D eigenvalue weighted by Gasteiger charge is -2.23. The lowest BCUT2D eigenvalue weighted by atomic mass is 10.2. The Morgan fingerprint density at radius 3 is 2.91 bits per heavy atom. The number of fused-ring (bicyclic) bond motifs is 1. The van der Waals surface area contributed by atoms with Crippen LogP contribution in [0.5, 0.6) is 0 Å². The molecule has 1 atom stereocenters. The van der Waals surface area contributed by atoms with Gasteiger partial charge < -0.3 is 15.4 Å². The van der Waals surface area contributed by atoms with Crippen LogP contribution in [-0.2, 0) is 19.1 Å². The Bertz CT molecular complexity index is 576. The third-order valence-corrected chi connectivity index (χ3v) is 4.27. The minimum atomic E-state index is -0.557. The number of ether oxygens (including phenoxy) is 1. The first kappa shape index (κ1) is 16.4. The van der Waals surface area contributed by atoms with E-state index in [1.165, 1.54) is 11.8 Å². The molecule has 0 saturated carbocycles. The number of nitrogens with one attached hydrogen (secondary N) is 2. The number of rotatable bonds is 6. The van der Waals surface area contributed by atoms with E-state index in [1.807, 2.05) is 31.2 Å². The summed E-state index contributed by atoms with van der Waals surface area (Å²) in [4.78, 5) is 36.0. The fourth-order valence-corrected chi connectivity index (χ4v) is 2.99. The fraction of sp³-hybridized carbons (Fsp3) is 0.400. The van der Waals surface area contributed by atoms with E-state index >= 15 is 0 Å². The maximum Gasteiger partial charge on any atom is 0.307 e. The monoisotopic (exact) mass is 322 g/mol. The molecule has 2 amide bonds. The van der Waals surface area contributed by atoms with Gasteiger partial charge in [0.15, 0.2) is 6.61 Å². The average molecular weight is 322 g/mol. The predicted octanol–water partition coefficient (Wildman–Crippen LogP) is 1.56. The average Bonchev–Trinajstić information content (AvgIpc) is 2.51. The Morgan fingerprint density at radius 1 is 1.36 bits per heavy atom. The Hall–Kier alpha value is -2.02. The molecule has 0 spiro atoms. The number of hydrogen-bond donors (Lipinski definition) is 2. The SMILES string of the molecule is CCCNC(=O)COC(=O)C[C@H]1Sc2ccccc2NC1=O. The number of thioether (sulfide) groups is 1. The fourth-order valence-electron chi connectivity index (χ4n) is 1.90. The van der Waals surface area contributed by atoms with E-state index in [9.17, 15) is 14.4 Å². The molecule has 2 rings (SSSR count). The van der Waals surface area contributed by atoms with Crippen molar-refractivity contribution in [3.8, 4) is 0 Å². The number of anilines is 1. The van der Waals surface area contributed by atoms with Crippen molar-refractivity contribution in [2.24, 2.45) is 0 Å². The van der Waals surface area contributed by atoms with Crippen LogP contribution in [0.15, 0.2) is 29.2 Å². The van der Waals surface area contributed by atoms with Crippen LogP contribution in [0.4, 0.5) is 5.69 Å². The van der Waals surface area contributed by atoms with Crippen molar-refractivity contribution in [2.75, 3.05) is 18.5 Å². The van der Waals surface area contributed by atoms with Gasteiger partial charge in [0, 0.05) is 11.4 Å². The summed E-state index contributed by atoms with van der Waals surface area (Å²) in [6.07, 6.45) is 0.754. The van der Waals surface area contributed by atoms with Crippen molar-refractivity contribution in [3.05, 3.63) is 24.3 Å². The van der Waals surface area contributed by atoms with E-state index in [4.69, 9.17) is 4.74 Å². The number of carbonyl (C=O) groups is 3. The van der Waals surface area contributed by atoms with Gasteiger partial charge in [0.2, 0.25) is 5.91 Å². The normalized spacial score (nSPS) is 16.4. The first-order valence-electron chi connectivity index (χ1n) is 7.09. The van der Waals surface area contributed by atoms with Crippen LogP contribution in [0, 0.1) is 0 Å². The molecule has 1 aromatic carbocycles. The molecule has 0 aromatic heterocycles. The lowest BCUT2D eigenvalue weighted by molar-refractivity contribution is -0.149. The highest BCUT2D eigenvalue weighted by Gasteiger charge is 2.29. The number of amides is 2. The number of benzene rings is 1. The predicted molar refractivity (Wildman–Crippen MR) is 83.6 cm³/mol. The van der Waals surface area contributed by atoms with Crippen molar-refractivity contribution in [2.45, 2.75) is 29.9 Å². The highest BCUT2D eigenvalue weighted by Crippen LogP contribution is 2.36. The molecule has 0 unspecified atom stereocenters. The van der Waals surface area contributed by atoms with Crippen LogP contribution in [0.25, 0.3) is 0 Å². The molecule has 22 heavy (non-hydrogen) atoms. The molecule has 1 aliphatic rings. The first-order chi connectivity index (χ1) is 10.6. The van der Waals surface area contributed by atoms with Crippen LogP contribution in [0.1, 0.15) is 19.8 Å². The number of hydrogen-bond acceptors (Lipinski definition) is 5. The molecule has 1 aromatic rings. The minimum Gasteiger partial charge on any atom is -0.456 e. The molecule has 0 bridgehead atoms. The number of carbonyl (C=O) groups excluding carboxylic acids is 3. The summed E-state index contributed by atoms with van der Waals surface area (Å²) in [6, 6.07) is 7.41. The Morgan fingerprint density at radius 2 is 2.14 bits per heavy atom. The topological polar surface area (TPSA) is 84.5 Å². The van der Waals surface area contributed by atoms with Gasteiger partial charge in [-0.1, -0.05) is 19.1 Å². The van der Waals surface area contributed by atoms with Crippen molar-refractivity contribution in [1.82, 2.24) is 5.32 Å². The van der Waals surface area contributed by atoms with Crippen molar-refractivity contribution < 1.29 is 19.1 Å². The van der Waals surface area contributed by atoms with Crippen LogP contribution in [0.2, 0.25) is 0 Å². The zero-order chi connectivity index (χ0) is 15.9.